The summed E-state index contributed by atoms with van der Waals surface area (Å²) in [6.45, 7) is 4.17. The molecule has 0 bridgehead atoms. The highest BCUT2D eigenvalue weighted by atomic mass is 32.1. The average molecular weight is 223 g/mol. The van der Waals surface area contributed by atoms with Crippen LogP contribution in [0.4, 0.5) is 0 Å². The predicted octanol–water partition coefficient (Wildman–Crippen LogP) is 2.13. The maximum absolute atomic E-state index is 5.31. The van der Waals surface area contributed by atoms with E-state index in [4.69, 9.17) is 17.0 Å². The minimum absolute atomic E-state index is 0.681. The maximum atomic E-state index is 5.31. The third-order valence-corrected chi connectivity index (χ3v) is 2.56. The van der Waals surface area contributed by atoms with E-state index in [-0.39, 0.29) is 0 Å². The van der Waals surface area contributed by atoms with E-state index in [0.717, 1.165) is 29.0 Å². The second-order valence-electron chi connectivity index (χ2n) is 3.17. The Balaban J connectivity index is 2.33. The van der Waals surface area contributed by atoms with Gasteiger partial charge in [-0.2, -0.15) is 0 Å². The second kappa shape index (κ2) is 4.55. The van der Waals surface area contributed by atoms with Crippen LogP contribution in [-0.4, -0.2) is 27.7 Å². The van der Waals surface area contributed by atoms with Crippen molar-refractivity contribution < 1.29 is 4.74 Å². The van der Waals surface area contributed by atoms with Crippen LogP contribution < -0.4 is 0 Å². The number of ether oxygens (including phenoxy) is 1. The van der Waals surface area contributed by atoms with Crippen molar-refractivity contribution in [3.8, 4) is 0 Å². The number of rotatable bonds is 4. The molecule has 2 aromatic heterocycles. The van der Waals surface area contributed by atoms with Crippen LogP contribution in [0, 0.1) is 4.77 Å². The summed E-state index contributed by atoms with van der Waals surface area (Å²) in [5.74, 6) is 0. The van der Waals surface area contributed by atoms with E-state index in [2.05, 4.69) is 9.97 Å². The van der Waals surface area contributed by atoms with Crippen LogP contribution in [0.1, 0.15) is 6.92 Å². The number of imidazole rings is 1. The molecule has 0 spiro atoms. The Morgan fingerprint density at radius 3 is 3.27 bits per heavy atom. The Morgan fingerprint density at radius 2 is 2.47 bits per heavy atom. The van der Waals surface area contributed by atoms with Gasteiger partial charge in [0.25, 0.3) is 0 Å². The molecule has 0 atom stereocenters. The van der Waals surface area contributed by atoms with Crippen molar-refractivity contribution in [3.05, 3.63) is 23.2 Å². The molecule has 2 rings (SSSR count). The van der Waals surface area contributed by atoms with Crippen LogP contribution in [0.25, 0.3) is 11.0 Å². The zero-order valence-corrected chi connectivity index (χ0v) is 9.38. The van der Waals surface area contributed by atoms with Crippen LogP contribution in [0.3, 0.4) is 0 Å². The minimum Gasteiger partial charge on any atom is -0.380 e. The molecule has 0 aromatic carbocycles. The molecule has 0 aliphatic rings. The first-order chi connectivity index (χ1) is 7.33. The first kappa shape index (κ1) is 10.3. The number of aromatic nitrogens is 3. The van der Waals surface area contributed by atoms with E-state index in [0.29, 0.717) is 6.61 Å². The molecule has 1 N–H and O–H groups in total. The van der Waals surface area contributed by atoms with Gasteiger partial charge < -0.3 is 14.3 Å². The molecular weight excluding hydrogens is 210 g/mol. The monoisotopic (exact) mass is 223 g/mol. The van der Waals surface area contributed by atoms with Gasteiger partial charge in [0.1, 0.15) is 0 Å². The molecule has 0 saturated heterocycles. The molecule has 80 valence electrons. The van der Waals surface area contributed by atoms with Gasteiger partial charge >= 0.3 is 0 Å². The van der Waals surface area contributed by atoms with Gasteiger partial charge in [0.15, 0.2) is 4.77 Å². The molecule has 4 nitrogen and oxygen atoms in total. The van der Waals surface area contributed by atoms with Crippen molar-refractivity contribution in [1.29, 1.82) is 0 Å². The first-order valence-corrected chi connectivity index (χ1v) is 5.34. The maximum Gasteiger partial charge on any atom is 0.178 e. The van der Waals surface area contributed by atoms with Gasteiger partial charge in [0.2, 0.25) is 0 Å². The molecule has 2 heterocycles. The number of hydrogen-bond donors (Lipinski definition) is 1. The van der Waals surface area contributed by atoms with Crippen LogP contribution >= 0.6 is 12.2 Å². The highest BCUT2D eigenvalue weighted by molar-refractivity contribution is 7.71. The Bertz CT molecular complexity index is 503. The van der Waals surface area contributed by atoms with Crippen molar-refractivity contribution >= 4 is 23.3 Å². The van der Waals surface area contributed by atoms with E-state index in [1.807, 2.05) is 17.6 Å². The van der Waals surface area contributed by atoms with Crippen LogP contribution in [0.2, 0.25) is 0 Å². The quantitative estimate of drug-likeness (QED) is 0.638. The number of nitrogens with zero attached hydrogens (tertiary/aromatic N) is 2. The van der Waals surface area contributed by atoms with Crippen LogP contribution in [0.15, 0.2) is 18.5 Å². The average Bonchev–Trinajstić information content (AvgIpc) is 2.56. The Labute approximate surface area is 92.9 Å². The lowest BCUT2D eigenvalue weighted by Crippen LogP contribution is -2.05. The summed E-state index contributed by atoms with van der Waals surface area (Å²) in [5.41, 5.74) is 2.05. The summed E-state index contributed by atoms with van der Waals surface area (Å²) in [4.78, 5) is 7.16. The molecule has 5 heteroatoms. The lowest BCUT2D eigenvalue weighted by Gasteiger charge is -2.03. The molecule has 15 heavy (non-hydrogen) atoms. The third kappa shape index (κ3) is 2.08. The van der Waals surface area contributed by atoms with Gasteiger partial charge in [0.05, 0.1) is 23.8 Å². The van der Waals surface area contributed by atoms with Gasteiger partial charge in [-0.1, -0.05) is 0 Å². The lowest BCUT2D eigenvalue weighted by atomic mass is 10.4. The van der Waals surface area contributed by atoms with E-state index < -0.39 is 0 Å². The normalized spacial score (nSPS) is 11.0. The fraction of sp³-hybridized carbons (Fsp3) is 0.400. The van der Waals surface area contributed by atoms with Crippen LogP contribution in [-0.2, 0) is 11.3 Å². The highest BCUT2D eigenvalue weighted by Crippen LogP contribution is 2.11. The molecule has 0 saturated carbocycles. The van der Waals surface area contributed by atoms with Crippen molar-refractivity contribution in [3.63, 3.8) is 0 Å². The summed E-state index contributed by atoms with van der Waals surface area (Å²) in [7, 11) is 0. The summed E-state index contributed by atoms with van der Waals surface area (Å²) in [6.07, 6.45) is 3.55. The zero-order valence-electron chi connectivity index (χ0n) is 8.56. The molecule has 0 aliphatic carbocycles. The fourth-order valence-electron chi connectivity index (χ4n) is 1.53. The first-order valence-electron chi connectivity index (χ1n) is 4.93. The number of aromatic amines is 1. The third-order valence-electron chi connectivity index (χ3n) is 2.24. The van der Waals surface area contributed by atoms with Crippen molar-refractivity contribution in [2.45, 2.75) is 13.5 Å². The van der Waals surface area contributed by atoms with Gasteiger partial charge in [-0.05, 0) is 25.2 Å². The summed E-state index contributed by atoms with van der Waals surface area (Å²) >= 11 is 5.23. The largest absolute Gasteiger partial charge is 0.380 e. The fourth-order valence-corrected chi connectivity index (χ4v) is 1.83. The SMILES string of the molecule is CCOCCn1c(=S)[nH]c2cnccc21. The standard InChI is InChI=1S/C10H13N3OS/c1-2-14-6-5-13-9-3-4-11-7-8(9)12-10(13)15/h3-4,7H,2,5-6H2,1H3,(H,12,15). The van der Waals surface area contributed by atoms with Gasteiger partial charge in [-0.15, -0.1) is 0 Å². The van der Waals surface area contributed by atoms with Gasteiger partial charge in [-0.3, -0.25) is 4.98 Å². The highest BCUT2D eigenvalue weighted by Gasteiger charge is 2.02. The number of fused-ring (bicyclic) bond motifs is 1. The molecule has 0 radical (unpaired) electrons. The molecule has 0 aliphatic heterocycles. The number of nitrogens with one attached hydrogen (secondary N) is 1. The minimum atomic E-state index is 0.681. The number of pyridine rings is 1. The van der Waals surface area contributed by atoms with E-state index >= 15 is 0 Å². The molecule has 0 amide bonds. The van der Waals surface area contributed by atoms with Crippen molar-refractivity contribution in [2.24, 2.45) is 0 Å². The lowest BCUT2D eigenvalue weighted by molar-refractivity contribution is 0.139. The summed E-state index contributed by atoms with van der Waals surface area (Å²) in [6, 6.07) is 1.95. The summed E-state index contributed by atoms with van der Waals surface area (Å²) < 4.78 is 8.06. The van der Waals surface area contributed by atoms with E-state index in [1.165, 1.54) is 0 Å². The van der Waals surface area contributed by atoms with Gasteiger partial charge in [0, 0.05) is 19.3 Å². The Morgan fingerprint density at radius 1 is 1.60 bits per heavy atom. The van der Waals surface area contributed by atoms with E-state index in [1.54, 1.807) is 12.4 Å². The molecular formula is C10H13N3OS. The predicted molar refractivity (Wildman–Crippen MR) is 61.4 cm³/mol. The Kier molecular flexibility index (Phi) is 3.13. The van der Waals surface area contributed by atoms with Gasteiger partial charge in [-0.25, -0.2) is 0 Å². The van der Waals surface area contributed by atoms with Crippen LogP contribution in [0.5, 0.6) is 0 Å². The number of hydrogen-bond acceptors (Lipinski definition) is 3. The molecule has 0 unspecified atom stereocenters. The topological polar surface area (TPSA) is 42.8 Å². The second-order valence-corrected chi connectivity index (χ2v) is 3.56. The molecule has 2 aromatic rings. The van der Waals surface area contributed by atoms with E-state index in [9.17, 15) is 0 Å². The van der Waals surface area contributed by atoms with Crippen molar-refractivity contribution in [2.75, 3.05) is 13.2 Å². The molecule has 0 fully saturated rings. The zero-order chi connectivity index (χ0) is 10.7. The number of H-pyrrole nitrogens is 1. The Hall–Kier alpha value is -1.20. The van der Waals surface area contributed by atoms with Crippen molar-refractivity contribution in [1.82, 2.24) is 14.5 Å². The summed E-state index contributed by atoms with van der Waals surface area (Å²) in [5, 5.41) is 0. The smallest absolute Gasteiger partial charge is 0.178 e.